The predicted octanol–water partition coefficient (Wildman–Crippen LogP) is -0.00902. The molecule has 0 aliphatic heterocycles. The molecule has 0 rings (SSSR count). The maximum Gasteiger partial charge on any atom is 0.254 e. The topological polar surface area (TPSA) is 64.2 Å². The van der Waals surface area contributed by atoms with Crippen LogP contribution >= 0.6 is 0 Å². The zero-order chi connectivity index (χ0) is 6.62. The molecule has 2 N–H and O–H groups in total. The molecule has 0 unspecified atom stereocenters. The van der Waals surface area contributed by atoms with Crippen LogP contribution in [-0.4, -0.2) is 16.0 Å². The Hall–Kier alpha value is -0.590. The summed E-state index contributed by atoms with van der Waals surface area (Å²) < 4.78 is 0. The van der Waals surface area contributed by atoms with Crippen molar-refractivity contribution in [3.05, 3.63) is 0 Å². The molecule has 0 saturated heterocycles. The minimum Gasteiger partial charge on any atom is -0.354 e. The molecular formula is C5H9NO2. The monoisotopic (exact) mass is 115 g/mol. The summed E-state index contributed by atoms with van der Waals surface area (Å²) in [6.45, 7) is 1.78. The molecule has 0 heterocycles. The summed E-state index contributed by atoms with van der Waals surface area (Å²) in [5.74, 6) is -2.10. The highest BCUT2D eigenvalue weighted by molar-refractivity contribution is 4.89. The SMILES string of the molecule is CCCC(O)(O)C#N. The van der Waals surface area contributed by atoms with E-state index in [-0.39, 0.29) is 6.42 Å². The standard InChI is InChI=1S/C5H9NO2/c1-2-3-5(7,8)4-6/h7-8H,2-3H2,1H3. The molecule has 0 saturated carbocycles. The fourth-order valence-electron chi connectivity index (χ4n) is 0.405. The number of hydrogen-bond acceptors (Lipinski definition) is 3. The van der Waals surface area contributed by atoms with E-state index >= 15 is 0 Å². The highest BCUT2D eigenvalue weighted by atomic mass is 16.5. The zero-order valence-electron chi connectivity index (χ0n) is 4.76. The molecule has 8 heavy (non-hydrogen) atoms. The Labute approximate surface area is 48.2 Å². The molecule has 0 fully saturated rings. The Morgan fingerprint density at radius 3 is 2.25 bits per heavy atom. The molecule has 0 aromatic carbocycles. The van der Waals surface area contributed by atoms with Gasteiger partial charge in [-0.15, -0.1) is 0 Å². The largest absolute Gasteiger partial charge is 0.354 e. The van der Waals surface area contributed by atoms with Gasteiger partial charge in [0.2, 0.25) is 0 Å². The Bertz CT molecular complexity index is 103. The van der Waals surface area contributed by atoms with E-state index in [1.165, 1.54) is 6.07 Å². The van der Waals surface area contributed by atoms with Crippen LogP contribution < -0.4 is 0 Å². The van der Waals surface area contributed by atoms with E-state index in [2.05, 4.69) is 0 Å². The average molecular weight is 115 g/mol. The molecular weight excluding hydrogens is 106 g/mol. The lowest BCUT2D eigenvalue weighted by Gasteiger charge is -2.08. The van der Waals surface area contributed by atoms with Crippen molar-refractivity contribution in [2.45, 2.75) is 25.6 Å². The van der Waals surface area contributed by atoms with Crippen LogP contribution in [0.25, 0.3) is 0 Å². The summed E-state index contributed by atoms with van der Waals surface area (Å²) in [6, 6.07) is 1.35. The summed E-state index contributed by atoms with van der Waals surface area (Å²) in [7, 11) is 0. The molecule has 0 bridgehead atoms. The van der Waals surface area contributed by atoms with Gasteiger partial charge >= 0.3 is 0 Å². The van der Waals surface area contributed by atoms with E-state index in [1.54, 1.807) is 6.92 Å². The molecule has 46 valence electrons. The van der Waals surface area contributed by atoms with Gasteiger partial charge in [0, 0.05) is 6.42 Å². The first-order valence-electron chi connectivity index (χ1n) is 2.48. The molecule has 0 aliphatic rings. The van der Waals surface area contributed by atoms with Crippen LogP contribution in [-0.2, 0) is 0 Å². The van der Waals surface area contributed by atoms with Crippen molar-refractivity contribution in [3.8, 4) is 6.07 Å². The smallest absolute Gasteiger partial charge is 0.254 e. The second kappa shape index (κ2) is 2.65. The predicted molar refractivity (Wildman–Crippen MR) is 27.7 cm³/mol. The van der Waals surface area contributed by atoms with E-state index in [1.807, 2.05) is 0 Å². The van der Waals surface area contributed by atoms with Gasteiger partial charge < -0.3 is 10.2 Å². The lowest BCUT2D eigenvalue weighted by Crippen LogP contribution is -2.24. The van der Waals surface area contributed by atoms with E-state index in [0.717, 1.165) is 0 Å². The minimum atomic E-state index is -2.10. The van der Waals surface area contributed by atoms with Gasteiger partial charge in [-0.2, -0.15) is 5.26 Å². The second-order valence-corrected chi connectivity index (χ2v) is 1.68. The first kappa shape index (κ1) is 7.41. The van der Waals surface area contributed by atoms with Gasteiger partial charge in [-0.25, -0.2) is 0 Å². The first-order valence-corrected chi connectivity index (χ1v) is 2.48. The lowest BCUT2D eigenvalue weighted by atomic mass is 10.2. The third-order valence-corrected chi connectivity index (χ3v) is 0.778. The van der Waals surface area contributed by atoms with Crippen LogP contribution in [0.4, 0.5) is 0 Å². The van der Waals surface area contributed by atoms with Crippen molar-refractivity contribution in [2.24, 2.45) is 0 Å². The van der Waals surface area contributed by atoms with Gasteiger partial charge in [-0.05, 0) is 6.42 Å². The number of nitrogens with zero attached hydrogens (tertiary/aromatic N) is 1. The Kier molecular flexibility index (Phi) is 2.46. The Balaban J connectivity index is 3.59. The van der Waals surface area contributed by atoms with Crippen LogP contribution in [0.3, 0.4) is 0 Å². The third kappa shape index (κ3) is 2.56. The van der Waals surface area contributed by atoms with Crippen molar-refractivity contribution in [1.82, 2.24) is 0 Å². The van der Waals surface area contributed by atoms with Gasteiger partial charge in [-0.3, -0.25) is 0 Å². The number of rotatable bonds is 2. The normalized spacial score (nSPS) is 10.8. The van der Waals surface area contributed by atoms with E-state index in [4.69, 9.17) is 15.5 Å². The van der Waals surface area contributed by atoms with Crippen LogP contribution in [0.15, 0.2) is 0 Å². The van der Waals surface area contributed by atoms with Crippen LogP contribution in [0.1, 0.15) is 19.8 Å². The highest BCUT2D eigenvalue weighted by Gasteiger charge is 2.19. The van der Waals surface area contributed by atoms with E-state index in [9.17, 15) is 0 Å². The third-order valence-electron chi connectivity index (χ3n) is 0.778. The first-order chi connectivity index (χ1) is 3.62. The molecule has 0 atom stereocenters. The van der Waals surface area contributed by atoms with Gasteiger partial charge in [0.25, 0.3) is 5.79 Å². The molecule has 0 aromatic heterocycles. The Morgan fingerprint density at radius 1 is 1.62 bits per heavy atom. The summed E-state index contributed by atoms with van der Waals surface area (Å²) in [5.41, 5.74) is 0. The van der Waals surface area contributed by atoms with Crippen molar-refractivity contribution < 1.29 is 10.2 Å². The van der Waals surface area contributed by atoms with Crippen molar-refractivity contribution in [2.75, 3.05) is 0 Å². The lowest BCUT2D eigenvalue weighted by molar-refractivity contribution is -0.115. The summed E-state index contributed by atoms with van der Waals surface area (Å²) >= 11 is 0. The molecule has 0 spiro atoms. The van der Waals surface area contributed by atoms with E-state index in [0.29, 0.717) is 6.42 Å². The molecule has 0 amide bonds. The molecule has 3 nitrogen and oxygen atoms in total. The quantitative estimate of drug-likeness (QED) is 0.393. The Morgan fingerprint density at radius 2 is 2.12 bits per heavy atom. The average Bonchev–Trinajstić information content (AvgIpc) is 1.67. The van der Waals surface area contributed by atoms with Gasteiger partial charge in [0.1, 0.15) is 6.07 Å². The van der Waals surface area contributed by atoms with Gasteiger partial charge in [0.15, 0.2) is 0 Å². The maximum absolute atomic E-state index is 8.52. The fourth-order valence-corrected chi connectivity index (χ4v) is 0.405. The minimum absolute atomic E-state index is 0.115. The van der Waals surface area contributed by atoms with Crippen molar-refractivity contribution in [3.63, 3.8) is 0 Å². The summed E-state index contributed by atoms with van der Waals surface area (Å²) in [4.78, 5) is 0. The van der Waals surface area contributed by atoms with Gasteiger partial charge in [-0.1, -0.05) is 6.92 Å². The number of hydrogen-bond donors (Lipinski definition) is 2. The van der Waals surface area contributed by atoms with Crippen LogP contribution in [0.2, 0.25) is 0 Å². The molecule has 3 heteroatoms. The summed E-state index contributed by atoms with van der Waals surface area (Å²) in [5, 5.41) is 25.0. The summed E-state index contributed by atoms with van der Waals surface area (Å²) in [6.07, 6.45) is 0.712. The van der Waals surface area contributed by atoms with E-state index < -0.39 is 5.79 Å². The maximum atomic E-state index is 8.52. The second-order valence-electron chi connectivity index (χ2n) is 1.68. The number of aliphatic hydroxyl groups is 2. The van der Waals surface area contributed by atoms with Crippen molar-refractivity contribution >= 4 is 0 Å². The fraction of sp³-hybridized carbons (Fsp3) is 0.800. The highest BCUT2D eigenvalue weighted by Crippen LogP contribution is 2.05. The molecule has 0 aliphatic carbocycles. The van der Waals surface area contributed by atoms with Crippen LogP contribution in [0, 0.1) is 11.3 Å². The molecule has 0 radical (unpaired) electrons. The number of nitriles is 1. The van der Waals surface area contributed by atoms with Crippen molar-refractivity contribution in [1.29, 1.82) is 5.26 Å². The van der Waals surface area contributed by atoms with Gasteiger partial charge in [0.05, 0.1) is 0 Å². The molecule has 0 aromatic rings. The van der Waals surface area contributed by atoms with Crippen LogP contribution in [0.5, 0.6) is 0 Å². The zero-order valence-corrected chi connectivity index (χ0v) is 4.76.